The molecule has 2 aromatic heterocycles. The van der Waals surface area contributed by atoms with Gasteiger partial charge in [-0.1, -0.05) is 19.1 Å². The van der Waals surface area contributed by atoms with Crippen molar-refractivity contribution in [1.82, 2.24) is 30.1 Å². The zero-order valence-electron chi connectivity index (χ0n) is 20.5. The number of aromatic amines is 1. The Labute approximate surface area is 206 Å². The van der Waals surface area contributed by atoms with E-state index in [1.807, 2.05) is 30.5 Å². The molecule has 3 heterocycles. The van der Waals surface area contributed by atoms with Crippen LogP contribution in [0, 0.1) is 5.92 Å². The summed E-state index contributed by atoms with van der Waals surface area (Å²) in [6, 6.07) is 10.1. The Hall–Kier alpha value is -2.60. The van der Waals surface area contributed by atoms with Gasteiger partial charge in [0, 0.05) is 42.8 Å². The maximum absolute atomic E-state index is 12.8. The third kappa shape index (κ3) is 6.75. The number of nitrogens with one attached hydrogen (secondary N) is 3. The highest BCUT2D eigenvalue weighted by molar-refractivity contribution is 5.76. The molecule has 2 atom stereocenters. The van der Waals surface area contributed by atoms with E-state index >= 15 is 0 Å². The number of likely N-dealkylation sites (tertiary alicyclic amines) is 1. The third-order valence-electron chi connectivity index (χ3n) is 6.67. The summed E-state index contributed by atoms with van der Waals surface area (Å²) in [5, 5.41) is 7.33. The molecule has 35 heavy (non-hydrogen) atoms. The highest BCUT2D eigenvalue weighted by atomic mass is 16.1. The monoisotopic (exact) mass is 481 g/mol. The number of fused-ring (bicyclic) bond motifs is 1. The Kier molecular flexibility index (Phi) is 8.66. The molecular weight excluding hydrogens is 442 g/mol. The van der Waals surface area contributed by atoms with Gasteiger partial charge in [0.2, 0.25) is 0 Å². The van der Waals surface area contributed by atoms with Gasteiger partial charge in [0.05, 0.1) is 5.69 Å². The van der Waals surface area contributed by atoms with Crippen LogP contribution in [-0.2, 0) is 6.54 Å². The molecule has 0 bridgehead atoms. The summed E-state index contributed by atoms with van der Waals surface area (Å²) >= 11 is 0. The first-order chi connectivity index (χ1) is 16.9. The molecule has 10 nitrogen and oxygen atoms in total. The zero-order valence-corrected chi connectivity index (χ0v) is 20.5. The van der Waals surface area contributed by atoms with Crippen molar-refractivity contribution in [2.45, 2.75) is 38.5 Å². The Morgan fingerprint density at radius 3 is 2.77 bits per heavy atom. The molecular formula is C25H39N9O. The Morgan fingerprint density at radius 1 is 1.23 bits per heavy atom. The van der Waals surface area contributed by atoms with Crippen LogP contribution in [0.5, 0.6) is 0 Å². The maximum atomic E-state index is 12.8. The Bertz CT molecular complexity index is 1140. The van der Waals surface area contributed by atoms with Crippen LogP contribution < -0.4 is 33.5 Å². The topological polar surface area (TPSA) is 156 Å². The van der Waals surface area contributed by atoms with Crippen LogP contribution in [0.2, 0.25) is 0 Å². The first-order valence-corrected chi connectivity index (χ1v) is 12.5. The van der Waals surface area contributed by atoms with Crippen molar-refractivity contribution in [3.05, 3.63) is 58.3 Å². The van der Waals surface area contributed by atoms with Crippen molar-refractivity contribution >= 4 is 11.0 Å². The predicted molar refractivity (Wildman–Crippen MR) is 140 cm³/mol. The standard InChI is InChI=1S/C25H39N9O/c1-17(12-26)14-33-10-7-19(15-33)22-11-20-16-34(25(35)32-23(20)31-22)21-5-3-18(4-6-21)13-29-8-2-9-30-24(27)28/h3-6,11,16-17,19,24,29-30H,2,7-10,12-15,26-28H2,1H3,(H,31,32,35)/t17-,19+/m0/s1. The summed E-state index contributed by atoms with van der Waals surface area (Å²) in [5.41, 5.74) is 20.2. The second-order valence-corrected chi connectivity index (χ2v) is 9.68. The molecule has 0 saturated carbocycles. The lowest BCUT2D eigenvalue weighted by molar-refractivity contribution is 0.288. The minimum Gasteiger partial charge on any atom is -0.343 e. The molecule has 1 aromatic carbocycles. The van der Waals surface area contributed by atoms with E-state index in [2.05, 4.69) is 38.5 Å². The van der Waals surface area contributed by atoms with E-state index in [0.717, 1.165) is 74.4 Å². The number of hydrogen-bond donors (Lipinski definition) is 6. The fraction of sp³-hybridized carbons (Fsp3) is 0.520. The minimum atomic E-state index is -0.471. The molecule has 1 aliphatic heterocycles. The van der Waals surface area contributed by atoms with Gasteiger partial charge in [0.15, 0.2) is 0 Å². The molecule has 190 valence electrons. The summed E-state index contributed by atoms with van der Waals surface area (Å²) in [5.74, 6) is 0.924. The summed E-state index contributed by atoms with van der Waals surface area (Å²) < 4.78 is 1.61. The quantitative estimate of drug-likeness (QED) is 0.160. The Morgan fingerprint density at radius 2 is 2.03 bits per heavy atom. The fourth-order valence-corrected chi connectivity index (χ4v) is 4.68. The van der Waals surface area contributed by atoms with Gasteiger partial charge < -0.3 is 32.4 Å². The highest BCUT2D eigenvalue weighted by Crippen LogP contribution is 2.29. The molecule has 10 heteroatoms. The number of benzene rings is 1. The average molecular weight is 482 g/mol. The van der Waals surface area contributed by atoms with Crippen molar-refractivity contribution in [3.63, 3.8) is 0 Å². The Balaban J connectivity index is 1.38. The van der Waals surface area contributed by atoms with Crippen LogP contribution in [0.3, 0.4) is 0 Å². The summed E-state index contributed by atoms with van der Waals surface area (Å²) in [4.78, 5) is 22.9. The first-order valence-electron chi connectivity index (χ1n) is 12.5. The van der Waals surface area contributed by atoms with Gasteiger partial charge in [-0.25, -0.2) is 4.79 Å². The number of aromatic nitrogens is 3. The van der Waals surface area contributed by atoms with Crippen molar-refractivity contribution < 1.29 is 0 Å². The molecule has 0 radical (unpaired) electrons. The molecule has 0 spiro atoms. The first kappa shape index (κ1) is 25.5. The molecule has 0 unspecified atom stereocenters. The normalized spacial score (nSPS) is 17.6. The van der Waals surface area contributed by atoms with Gasteiger partial charge in [-0.2, -0.15) is 4.98 Å². The maximum Gasteiger partial charge on any atom is 0.354 e. The average Bonchev–Trinajstić information content (AvgIpc) is 3.47. The highest BCUT2D eigenvalue weighted by Gasteiger charge is 2.26. The number of hydrogen-bond acceptors (Lipinski definition) is 8. The summed E-state index contributed by atoms with van der Waals surface area (Å²) in [6.07, 6.45) is 3.45. The van der Waals surface area contributed by atoms with Crippen LogP contribution in [0.15, 0.2) is 41.3 Å². The van der Waals surface area contributed by atoms with E-state index in [-0.39, 0.29) is 5.69 Å². The van der Waals surface area contributed by atoms with Crippen molar-refractivity contribution in [3.8, 4) is 5.69 Å². The fourth-order valence-electron chi connectivity index (χ4n) is 4.68. The second-order valence-electron chi connectivity index (χ2n) is 9.68. The van der Waals surface area contributed by atoms with E-state index in [9.17, 15) is 4.79 Å². The number of H-pyrrole nitrogens is 1. The van der Waals surface area contributed by atoms with E-state index in [4.69, 9.17) is 17.2 Å². The molecule has 1 fully saturated rings. The van der Waals surface area contributed by atoms with Crippen LogP contribution in [0.4, 0.5) is 0 Å². The SMILES string of the molecule is C[C@@H](CN)CN1CC[C@@H](c2cc3cn(-c4ccc(CNCCCNC(N)N)cc4)c(=O)nc3[nH]2)C1. The van der Waals surface area contributed by atoms with Gasteiger partial charge in [-0.05, 0) is 68.7 Å². The lowest BCUT2D eigenvalue weighted by atomic mass is 10.1. The van der Waals surface area contributed by atoms with Gasteiger partial charge in [-0.15, -0.1) is 0 Å². The van der Waals surface area contributed by atoms with Crippen LogP contribution in [-0.4, -0.2) is 65.0 Å². The minimum absolute atomic E-state index is 0.285. The van der Waals surface area contributed by atoms with Gasteiger partial charge in [0.1, 0.15) is 11.9 Å². The van der Waals surface area contributed by atoms with Gasteiger partial charge >= 0.3 is 5.69 Å². The molecule has 1 saturated heterocycles. The number of rotatable bonds is 12. The smallest absolute Gasteiger partial charge is 0.343 e. The molecule has 9 N–H and O–H groups in total. The van der Waals surface area contributed by atoms with Crippen molar-refractivity contribution in [2.24, 2.45) is 23.1 Å². The van der Waals surface area contributed by atoms with Crippen LogP contribution in [0.1, 0.15) is 36.9 Å². The molecule has 0 aliphatic carbocycles. The van der Waals surface area contributed by atoms with E-state index in [1.165, 1.54) is 0 Å². The van der Waals surface area contributed by atoms with E-state index < -0.39 is 6.29 Å². The largest absolute Gasteiger partial charge is 0.354 e. The van der Waals surface area contributed by atoms with E-state index in [0.29, 0.717) is 24.0 Å². The lowest BCUT2D eigenvalue weighted by Gasteiger charge is -2.19. The molecule has 0 amide bonds. The zero-order chi connectivity index (χ0) is 24.8. The molecule has 3 aromatic rings. The third-order valence-corrected chi connectivity index (χ3v) is 6.67. The summed E-state index contributed by atoms with van der Waals surface area (Å²) in [6.45, 7) is 8.41. The van der Waals surface area contributed by atoms with Crippen LogP contribution in [0.25, 0.3) is 16.7 Å². The van der Waals surface area contributed by atoms with Gasteiger partial charge in [0.25, 0.3) is 0 Å². The summed E-state index contributed by atoms with van der Waals surface area (Å²) in [7, 11) is 0. The molecule has 4 rings (SSSR count). The predicted octanol–water partition coefficient (Wildman–Crippen LogP) is 0.368. The number of nitrogens with zero attached hydrogens (tertiary/aromatic N) is 3. The van der Waals surface area contributed by atoms with Crippen LogP contribution >= 0.6 is 0 Å². The molecule has 1 aliphatic rings. The van der Waals surface area contributed by atoms with Crippen molar-refractivity contribution in [1.29, 1.82) is 0 Å². The number of nitrogens with two attached hydrogens (primary N) is 3. The second kappa shape index (κ2) is 11.9. The van der Waals surface area contributed by atoms with Crippen molar-refractivity contribution in [2.75, 3.05) is 39.3 Å². The lowest BCUT2D eigenvalue weighted by Crippen LogP contribution is -2.45. The van der Waals surface area contributed by atoms with E-state index in [1.54, 1.807) is 4.57 Å². The van der Waals surface area contributed by atoms with Gasteiger partial charge in [-0.3, -0.25) is 9.88 Å².